The average molecular weight is 590 g/mol. The van der Waals surface area contributed by atoms with E-state index in [2.05, 4.69) is 188 Å². The number of rotatable bonds is 9. The van der Waals surface area contributed by atoms with Crippen LogP contribution in [0.5, 0.6) is 0 Å². The molecular weight excluding hydrogens is 555 g/mol. The van der Waals surface area contributed by atoms with Gasteiger partial charge in [-0.1, -0.05) is 165 Å². The summed E-state index contributed by atoms with van der Waals surface area (Å²) in [4.78, 5) is 2.31. The Hall–Kier alpha value is -5.92. The molecule has 46 heavy (non-hydrogen) atoms. The van der Waals surface area contributed by atoms with Gasteiger partial charge in [-0.25, -0.2) is 0 Å². The third-order valence-electron chi connectivity index (χ3n) is 8.89. The van der Waals surface area contributed by atoms with Crippen molar-refractivity contribution in [1.29, 1.82) is 0 Å². The maximum Gasteiger partial charge on any atom is 0.0714 e. The molecule has 220 valence electrons. The van der Waals surface area contributed by atoms with Gasteiger partial charge >= 0.3 is 0 Å². The molecule has 0 aromatic heterocycles. The first-order valence-electron chi connectivity index (χ1n) is 15.7. The molecule has 1 heteroatoms. The summed E-state index contributed by atoms with van der Waals surface area (Å²) < 4.78 is 0. The second kappa shape index (κ2) is 12.6. The van der Waals surface area contributed by atoms with Crippen molar-refractivity contribution < 1.29 is 0 Å². The first kappa shape index (κ1) is 28.8. The molecule has 0 bridgehead atoms. The molecule has 0 saturated heterocycles. The fourth-order valence-electron chi connectivity index (χ4n) is 6.94. The zero-order chi connectivity index (χ0) is 31.3. The highest BCUT2D eigenvalue weighted by atomic mass is 15.1. The molecule has 0 amide bonds. The van der Waals surface area contributed by atoms with Gasteiger partial charge in [0, 0.05) is 17.1 Å². The molecule has 1 nitrogen and oxygen atoms in total. The molecule has 1 aliphatic rings. The standard InChI is InChI=1S/C45H35N/c1-3-5-19-34-20-15-16-21-35(34)32-38(4-2)46(39-26-13-8-14-27-39)40-30-31-42-41-28-17-18-29-43(41)45(44(42)33-40,36-22-9-6-10-23-36)37-24-11-7-12-25-37/h3-33H,1-2H2/b19-5-,38-32+. The van der Waals surface area contributed by atoms with Crippen molar-refractivity contribution in [2.45, 2.75) is 5.41 Å². The van der Waals surface area contributed by atoms with Crippen LogP contribution in [0.1, 0.15) is 33.4 Å². The SMILES string of the molecule is C=C/C=C\c1ccccc1/C=C(\C=C)N(c1ccccc1)c1ccc2c(c1)C(c1ccccc1)(c1ccccc1)c1ccccc1-2. The molecule has 6 aromatic rings. The van der Waals surface area contributed by atoms with E-state index in [-0.39, 0.29) is 0 Å². The second-order valence-corrected chi connectivity index (χ2v) is 11.4. The van der Waals surface area contributed by atoms with Gasteiger partial charge in [-0.2, -0.15) is 0 Å². The zero-order valence-electron chi connectivity index (χ0n) is 25.8. The van der Waals surface area contributed by atoms with Gasteiger partial charge in [0.25, 0.3) is 0 Å². The van der Waals surface area contributed by atoms with Crippen molar-refractivity contribution in [2.24, 2.45) is 0 Å². The van der Waals surface area contributed by atoms with Crippen LogP contribution in [0, 0.1) is 0 Å². The van der Waals surface area contributed by atoms with Crippen LogP contribution in [0.4, 0.5) is 11.4 Å². The Labute approximate surface area is 272 Å². The number of allylic oxidation sites excluding steroid dienone is 3. The van der Waals surface area contributed by atoms with E-state index < -0.39 is 5.41 Å². The topological polar surface area (TPSA) is 3.24 Å². The molecule has 0 unspecified atom stereocenters. The molecule has 0 heterocycles. The van der Waals surface area contributed by atoms with Gasteiger partial charge in [-0.05, 0) is 80.9 Å². The summed E-state index contributed by atoms with van der Waals surface area (Å²) in [5, 5.41) is 0. The van der Waals surface area contributed by atoms with Crippen LogP contribution in [0.2, 0.25) is 0 Å². The normalized spacial score (nSPS) is 13.2. The van der Waals surface area contributed by atoms with Gasteiger partial charge in [-0.3, -0.25) is 0 Å². The van der Waals surface area contributed by atoms with Crippen molar-refractivity contribution in [3.8, 4) is 11.1 Å². The molecule has 7 rings (SSSR count). The number of fused-ring (bicyclic) bond motifs is 3. The van der Waals surface area contributed by atoms with Gasteiger partial charge < -0.3 is 4.90 Å². The van der Waals surface area contributed by atoms with Crippen molar-refractivity contribution >= 4 is 23.5 Å². The molecule has 0 fully saturated rings. The van der Waals surface area contributed by atoms with E-state index in [1.165, 1.54) is 33.4 Å². The van der Waals surface area contributed by atoms with Gasteiger partial charge in [-0.15, -0.1) is 0 Å². The molecule has 0 N–H and O–H groups in total. The minimum Gasteiger partial charge on any atom is -0.310 e. The maximum atomic E-state index is 4.31. The van der Waals surface area contributed by atoms with Crippen LogP contribution < -0.4 is 4.90 Å². The quantitative estimate of drug-likeness (QED) is 0.151. The number of anilines is 2. The average Bonchev–Trinajstić information content (AvgIpc) is 3.42. The van der Waals surface area contributed by atoms with Crippen molar-refractivity contribution in [2.75, 3.05) is 4.90 Å². The van der Waals surface area contributed by atoms with Gasteiger partial charge in [0.05, 0.1) is 5.41 Å². The zero-order valence-corrected chi connectivity index (χ0v) is 25.8. The Morgan fingerprint density at radius 1 is 0.522 bits per heavy atom. The summed E-state index contributed by atoms with van der Waals surface area (Å²) in [6.45, 7) is 8.17. The van der Waals surface area contributed by atoms with Crippen molar-refractivity contribution in [3.05, 3.63) is 228 Å². The number of nitrogens with zero attached hydrogens (tertiary/aromatic N) is 1. The molecule has 0 spiro atoms. The second-order valence-electron chi connectivity index (χ2n) is 11.4. The maximum absolute atomic E-state index is 4.31. The first-order chi connectivity index (χ1) is 22.8. The fraction of sp³-hybridized carbons (Fsp3) is 0.0222. The molecule has 0 saturated carbocycles. The Bertz CT molecular complexity index is 2030. The summed E-state index contributed by atoms with van der Waals surface area (Å²) in [5.41, 5.74) is 12.4. The number of hydrogen-bond acceptors (Lipinski definition) is 1. The highest BCUT2D eigenvalue weighted by Crippen LogP contribution is 2.57. The monoisotopic (exact) mass is 589 g/mol. The lowest BCUT2D eigenvalue weighted by molar-refractivity contribution is 0.768. The van der Waals surface area contributed by atoms with E-state index in [1.807, 2.05) is 12.2 Å². The minimum absolute atomic E-state index is 0.479. The fourth-order valence-corrected chi connectivity index (χ4v) is 6.94. The van der Waals surface area contributed by atoms with Gasteiger partial charge in [0.15, 0.2) is 0 Å². The number of hydrogen-bond donors (Lipinski definition) is 0. The number of benzene rings is 6. The molecule has 0 radical (unpaired) electrons. The molecule has 0 aliphatic heterocycles. The third kappa shape index (κ3) is 4.93. The Morgan fingerprint density at radius 3 is 1.74 bits per heavy atom. The van der Waals surface area contributed by atoms with Gasteiger partial charge in [0.1, 0.15) is 0 Å². The smallest absolute Gasteiger partial charge is 0.0714 e. The lowest BCUT2D eigenvalue weighted by Gasteiger charge is -2.35. The van der Waals surface area contributed by atoms with Crippen LogP contribution in [-0.2, 0) is 5.41 Å². The van der Waals surface area contributed by atoms with E-state index in [0.717, 1.165) is 28.2 Å². The van der Waals surface area contributed by atoms with Crippen LogP contribution in [0.3, 0.4) is 0 Å². The van der Waals surface area contributed by atoms with E-state index in [4.69, 9.17) is 0 Å². The third-order valence-corrected chi connectivity index (χ3v) is 8.89. The molecule has 1 aliphatic carbocycles. The number of para-hydroxylation sites is 1. The summed E-state index contributed by atoms with van der Waals surface area (Å²) in [5.74, 6) is 0. The van der Waals surface area contributed by atoms with E-state index in [0.29, 0.717) is 0 Å². The van der Waals surface area contributed by atoms with E-state index >= 15 is 0 Å². The first-order valence-corrected chi connectivity index (χ1v) is 15.7. The lowest BCUT2D eigenvalue weighted by atomic mass is 9.67. The largest absolute Gasteiger partial charge is 0.310 e. The summed E-state index contributed by atoms with van der Waals surface area (Å²) in [7, 11) is 0. The Balaban J connectivity index is 1.50. The van der Waals surface area contributed by atoms with E-state index in [1.54, 1.807) is 6.08 Å². The highest BCUT2D eigenvalue weighted by Gasteiger charge is 2.46. The predicted octanol–water partition coefficient (Wildman–Crippen LogP) is 11.6. The van der Waals surface area contributed by atoms with Crippen LogP contribution in [0.25, 0.3) is 23.3 Å². The Kier molecular flexibility index (Phi) is 7.89. The van der Waals surface area contributed by atoms with Crippen LogP contribution in [0.15, 0.2) is 195 Å². The van der Waals surface area contributed by atoms with Crippen molar-refractivity contribution in [3.63, 3.8) is 0 Å². The van der Waals surface area contributed by atoms with E-state index in [9.17, 15) is 0 Å². The molecular formula is C45H35N. The summed E-state index contributed by atoms with van der Waals surface area (Å²) in [6.07, 6.45) is 10.0. The minimum atomic E-state index is -0.479. The molecule has 0 atom stereocenters. The summed E-state index contributed by atoms with van der Waals surface area (Å²) >= 11 is 0. The van der Waals surface area contributed by atoms with Crippen LogP contribution in [-0.4, -0.2) is 0 Å². The van der Waals surface area contributed by atoms with Crippen LogP contribution >= 0.6 is 0 Å². The highest BCUT2D eigenvalue weighted by molar-refractivity contribution is 5.89. The summed E-state index contributed by atoms with van der Waals surface area (Å²) in [6, 6.07) is 56.6. The Morgan fingerprint density at radius 2 is 1.09 bits per heavy atom. The predicted molar refractivity (Wildman–Crippen MR) is 196 cm³/mol. The lowest BCUT2D eigenvalue weighted by Crippen LogP contribution is -2.28. The van der Waals surface area contributed by atoms with Gasteiger partial charge in [0.2, 0.25) is 0 Å². The molecule has 6 aromatic carbocycles. The van der Waals surface area contributed by atoms with Crippen molar-refractivity contribution in [1.82, 2.24) is 0 Å².